The van der Waals surface area contributed by atoms with Gasteiger partial charge in [-0.1, -0.05) is 11.8 Å². The van der Waals surface area contributed by atoms with Crippen molar-refractivity contribution >= 4 is 29.2 Å². The second kappa shape index (κ2) is 9.50. The third-order valence-corrected chi connectivity index (χ3v) is 5.28. The Balaban J connectivity index is 1.62. The van der Waals surface area contributed by atoms with Gasteiger partial charge in [0.25, 0.3) is 0 Å². The van der Waals surface area contributed by atoms with E-state index in [1.165, 1.54) is 45.9 Å². The smallest absolute Gasteiger partial charge is 0.234 e. The second-order valence-corrected chi connectivity index (χ2v) is 7.16. The number of nitrogens with one attached hydrogen (secondary N) is 1. The molecule has 1 N–H and O–H groups in total. The third-order valence-electron chi connectivity index (χ3n) is 4.36. The van der Waals surface area contributed by atoms with Crippen LogP contribution in [0.25, 0.3) is 0 Å². The van der Waals surface area contributed by atoms with Crippen molar-refractivity contribution in [3.05, 3.63) is 24.5 Å². The van der Waals surface area contributed by atoms with Crippen molar-refractivity contribution in [2.45, 2.75) is 17.9 Å². The average Bonchev–Trinajstić information content (AvgIpc) is 3.26. The molecule has 1 aromatic heterocycles. The lowest BCUT2D eigenvalue weighted by atomic mass is 10.2. The largest absolute Gasteiger partial charge is 0.493 e. The summed E-state index contributed by atoms with van der Waals surface area (Å²) in [6, 6.07) is 5.32. The van der Waals surface area contributed by atoms with Crippen molar-refractivity contribution < 1.29 is 19.0 Å². The van der Waals surface area contributed by atoms with Gasteiger partial charge in [-0.3, -0.25) is 4.79 Å². The van der Waals surface area contributed by atoms with E-state index in [1.54, 1.807) is 18.5 Å². The first-order valence-corrected chi connectivity index (χ1v) is 9.92. The Kier molecular flexibility index (Phi) is 6.80. The van der Waals surface area contributed by atoms with E-state index in [2.05, 4.69) is 20.2 Å². The van der Waals surface area contributed by atoms with E-state index < -0.39 is 0 Å². The molecule has 2 heterocycles. The molecule has 0 unspecified atom stereocenters. The van der Waals surface area contributed by atoms with E-state index in [-0.39, 0.29) is 11.7 Å². The van der Waals surface area contributed by atoms with Gasteiger partial charge in [0, 0.05) is 37.0 Å². The van der Waals surface area contributed by atoms with Crippen molar-refractivity contribution in [2.75, 3.05) is 50.4 Å². The van der Waals surface area contributed by atoms with Crippen molar-refractivity contribution in [2.24, 2.45) is 0 Å². The van der Waals surface area contributed by atoms with E-state index in [1.807, 2.05) is 6.07 Å². The fourth-order valence-electron chi connectivity index (χ4n) is 3.02. The summed E-state index contributed by atoms with van der Waals surface area (Å²) in [6.07, 6.45) is 3.92. The zero-order valence-corrected chi connectivity index (χ0v) is 17.0. The standard InChI is InChI=1S/C19H24N4O4S/c1-25-14-8-13(9-15(26-2)19(14)27-3)22-17(24)11-28-18-10-16(20-12-21-18)23-6-4-5-7-23/h8-10,12H,4-7,11H2,1-3H3,(H,22,24). The molecule has 1 aromatic carbocycles. The summed E-state index contributed by atoms with van der Waals surface area (Å²) in [5, 5.41) is 3.63. The molecule has 28 heavy (non-hydrogen) atoms. The van der Waals surface area contributed by atoms with Crippen LogP contribution < -0.4 is 24.4 Å². The van der Waals surface area contributed by atoms with Crippen LogP contribution in [-0.4, -0.2) is 56.0 Å². The Bertz CT molecular complexity index is 802. The summed E-state index contributed by atoms with van der Waals surface area (Å²) in [5.41, 5.74) is 0.570. The molecular formula is C19H24N4O4S. The number of carbonyl (C=O) groups is 1. The number of amides is 1. The van der Waals surface area contributed by atoms with Crippen molar-refractivity contribution in [3.8, 4) is 17.2 Å². The molecular weight excluding hydrogens is 380 g/mol. The van der Waals surface area contributed by atoms with E-state index >= 15 is 0 Å². The summed E-state index contributed by atoms with van der Waals surface area (Å²) in [6.45, 7) is 2.03. The fourth-order valence-corrected chi connectivity index (χ4v) is 3.68. The van der Waals surface area contributed by atoms with Crippen molar-refractivity contribution in [1.82, 2.24) is 9.97 Å². The Morgan fingerprint density at radius 3 is 2.36 bits per heavy atom. The van der Waals surface area contributed by atoms with Crippen LogP contribution >= 0.6 is 11.8 Å². The van der Waals surface area contributed by atoms with Crippen LogP contribution in [0.4, 0.5) is 11.5 Å². The quantitative estimate of drug-likeness (QED) is 0.531. The number of benzene rings is 1. The van der Waals surface area contributed by atoms with E-state index in [0.29, 0.717) is 22.9 Å². The number of carbonyl (C=O) groups excluding carboxylic acids is 1. The van der Waals surface area contributed by atoms with Gasteiger partial charge in [-0.15, -0.1) is 0 Å². The van der Waals surface area contributed by atoms with Crippen LogP contribution in [0.2, 0.25) is 0 Å². The van der Waals surface area contributed by atoms with Crippen LogP contribution in [0.3, 0.4) is 0 Å². The van der Waals surface area contributed by atoms with Crippen molar-refractivity contribution in [1.29, 1.82) is 0 Å². The van der Waals surface area contributed by atoms with Crippen LogP contribution in [0.15, 0.2) is 29.6 Å². The number of hydrogen-bond acceptors (Lipinski definition) is 8. The summed E-state index contributed by atoms with van der Waals surface area (Å²) < 4.78 is 15.9. The van der Waals surface area contributed by atoms with Crippen LogP contribution in [0.1, 0.15) is 12.8 Å². The molecule has 8 nitrogen and oxygen atoms in total. The molecule has 1 aliphatic rings. The number of aromatic nitrogens is 2. The molecule has 0 aliphatic carbocycles. The normalized spacial score (nSPS) is 13.3. The zero-order chi connectivity index (χ0) is 19.9. The minimum Gasteiger partial charge on any atom is -0.493 e. The summed E-state index contributed by atoms with van der Waals surface area (Å²) in [4.78, 5) is 23.2. The van der Waals surface area contributed by atoms with Gasteiger partial charge in [-0.2, -0.15) is 0 Å². The van der Waals surface area contributed by atoms with Crippen molar-refractivity contribution in [3.63, 3.8) is 0 Å². The Labute approximate surface area is 168 Å². The Hall–Kier alpha value is -2.68. The zero-order valence-electron chi connectivity index (χ0n) is 16.2. The summed E-state index contributed by atoms with van der Waals surface area (Å²) in [5.74, 6) is 2.44. The molecule has 1 amide bonds. The molecule has 0 saturated carbocycles. The molecule has 150 valence electrons. The fraction of sp³-hybridized carbons (Fsp3) is 0.421. The molecule has 0 atom stereocenters. The van der Waals surface area contributed by atoms with Gasteiger partial charge in [-0.25, -0.2) is 9.97 Å². The van der Waals surface area contributed by atoms with Gasteiger partial charge in [0.15, 0.2) is 11.5 Å². The highest BCUT2D eigenvalue weighted by Gasteiger charge is 2.16. The van der Waals surface area contributed by atoms with Gasteiger partial charge < -0.3 is 24.4 Å². The Morgan fingerprint density at radius 2 is 1.75 bits per heavy atom. The number of hydrogen-bond donors (Lipinski definition) is 1. The highest BCUT2D eigenvalue weighted by atomic mass is 32.2. The highest BCUT2D eigenvalue weighted by molar-refractivity contribution is 7.99. The molecule has 1 saturated heterocycles. The number of thioether (sulfide) groups is 1. The van der Waals surface area contributed by atoms with Crippen LogP contribution in [0, 0.1) is 0 Å². The average molecular weight is 404 g/mol. The van der Waals surface area contributed by atoms with Gasteiger partial charge in [0.05, 0.1) is 27.1 Å². The number of ether oxygens (including phenoxy) is 3. The maximum absolute atomic E-state index is 12.4. The second-order valence-electron chi connectivity index (χ2n) is 6.16. The summed E-state index contributed by atoms with van der Waals surface area (Å²) >= 11 is 1.37. The Morgan fingerprint density at radius 1 is 1.07 bits per heavy atom. The van der Waals surface area contributed by atoms with E-state index in [4.69, 9.17) is 14.2 Å². The van der Waals surface area contributed by atoms with Crippen LogP contribution in [-0.2, 0) is 4.79 Å². The summed E-state index contributed by atoms with van der Waals surface area (Å²) in [7, 11) is 4.60. The van der Waals surface area contributed by atoms with Gasteiger partial charge in [-0.05, 0) is 12.8 Å². The molecule has 2 aromatic rings. The molecule has 1 fully saturated rings. The first-order chi connectivity index (χ1) is 13.6. The molecule has 3 rings (SSSR count). The lowest BCUT2D eigenvalue weighted by Gasteiger charge is -2.16. The first-order valence-electron chi connectivity index (χ1n) is 8.94. The topological polar surface area (TPSA) is 85.8 Å². The lowest BCUT2D eigenvalue weighted by Crippen LogP contribution is -2.19. The highest BCUT2D eigenvalue weighted by Crippen LogP contribution is 2.40. The third kappa shape index (κ3) is 4.78. The van der Waals surface area contributed by atoms with Gasteiger partial charge in [0.1, 0.15) is 17.2 Å². The molecule has 0 spiro atoms. The molecule has 9 heteroatoms. The molecule has 0 bridgehead atoms. The number of methoxy groups -OCH3 is 3. The number of rotatable bonds is 8. The SMILES string of the molecule is COc1cc(NC(=O)CSc2cc(N3CCCC3)ncn2)cc(OC)c1OC. The van der Waals surface area contributed by atoms with Gasteiger partial charge in [0.2, 0.25) is 11.7 Å². The van der Waals surface area contributed by atoms with Crippen LogP contribution in [0.5, 0.6) is 17.2 Å². The minimum absolute atomic E-state index is 0.152. The van der Waals surface area contributed by atoms with E-state index in [9.17, 15) is 4.79 Å². The maximum atomic E-state index is 12.4. The number of anilines is 2. The predicted molar refractivity (Wildman–Crippen MR) is 109 cm³/mol. The van der Waals surface area contributed by atoms with Gasteiger partial charge >= 0.3 is 0 Å². The monoisotopic (exact) mass is 404 g/mol. The molecule has 1 aliphatic heterocycles. The van der Waals surface area contributed by atoms with E-state index in [0.717, 1.165) is 23.9 Å². The minimum atomic E-state index is -0.152. The first kappa shape index (κ1) is 20.1. The predicted octanol–water partition coefficient (Wildman–Crippen LogP) is 2.83. The lowest BCUT2D eigenvalue weighted by molar-refractivity contribution is -0.113. The molecule has 0 radical (unpaired) electrons. The maximum Gasteiger partial charge on any atom is 0.234 e. The number of nitrogens with zero attached hydrogens (tertiary/aromatic N) is 3.